The fourth-order valence-corrected chi connectivity index (χ4v) is 9.24. The van der Waals surface area contributed by atoms with Crippen LogP contribution in [-0.2, 0) is 48.1 Å². The van der Waals surface area contributed by atoms with Crippen LogP contribution in [0.1, 0.15) is 70.7 Å². The number of aliphatic carboxylic acids is 1. The topological polar surface area (TPSA) is 181 Å². The lowest BCUT2D eigenvalue weighted by Crippen LogP contribution is -2.38. The monoisotopic (exact) mass is 946 g/mol. The summed E-state index contributed by atoms with van der Waals surface area (Å²) in [4.78, 5) is 37.1. The summed E-state index contributed by atoms with van der Waals surface area (Å²) >= 11 is 0. The lowest BCUT2D eigenvalue weighted by molar-refractivity contribution is -0.137. The molecule has 69 heavy (non-hydrogen) atoms. The highest BCUT2D eigenvalue weighted by Crippen LogP contribution is 2.33. The maximum atomic E-state index is 14.6. The number of nitrogens with zero attached hydrogens (tertiary/aromatic N) is 11. The van der Waals surface area contributed by atoms with E-state index in [1.54, 1.807) is 43.8 Å². The molecule has 10 rings (SSSR count). The molecule has 2 N–H and O–H groups in total. The van der Waals surface area contributed by atoms with Gasteiger partial charge in [0, 0.05) is 73.4 Å². The van der Waals surface area contributed by atoms with Gasteiger partial charge in [0.1, 0.15) is 47.4 Å². The Balaban J connectivity index is 0.000000166. The lowest BCUT2D eigenvalue weighted by atomic mass is 9.99. The molecule has 4 aromatic heterocycles. The molecule has 17 nitrogen and oxygen atoms in total. The molecule has 0 saturated heterocycles. The van der Waals surface area contributed by atoms with Gasteiger partial charge in [0.15, 0.2) is 11.3 Å². The molecule has 1 amide bonds. The number of aromatic nitrogens is 8. The maximum absolute atomic E-state index is 14.6. The van der Waals surface area contributed by atoms with Crippen LogP contribution in [0.2, 0.25) is 0 Å². The van der Waals surface area contributed by atoms with E-state index in [1.165, 1.54) is 17.7 Å². The average Bonchev–Trinajstić information content (AvgIpc) is 4.14. The third-order valence-electron chi connectivity index (χ3n) is 12.6. The Hall–Kier alpha value is -6.70. The van der Waals surface area contributed by atoms with Crippen LogP contribution in [0.3, 0.4) is 0 Å². The zero-order valence-corrected chi connectivity index (χ0v) is 39.8. The smallest absolute Gasteiger partial charge is 0.317 e. The second-order valence-electron chi connectivity index (χ2n) is 18.0. The van der Waals surface area contributed by atoms with Gasteiger partial charge in [0.2, 0.25) is 5.91 Å². The van der Waals surface area contributed by atoms with Gasteiger partial charge in [-0.15, -0.1) is 20.4 Å². The van der Waals surface area contributed by atoms with Crippen molar-refractivity contribution in [3.8, 4) is 11.5 Å². The van der Waals surface area contributed by atoms with Crippen molar-refractivity contribution in [2.24, 2.45) is 0 Å². The molecule has 0 spiro atoms. The van der Waals surface area contributed by atoms with Crippen LogP contribution in [0.5, 0.6) is 11.5 Å². The molecule has 8 heterocycles. The zero-order valence-electron chi connectivity index (χ0n) is 39.8. The number of ether oxygens (including phenoxy) is 2. The van der Waals surface area contributed by atoms with Gasteiger partial charge in [0.25, 0.3) is 0 Å². The summed E-state index contributed by atoms with van der Waals surface area (Å²) in [5.41, 5.74) is 9.31. The van der Waals surface area contributed by atoms with E-state index in [0.29, 0.717) is 64.1 Å². The van der Waals surface area contributed by atoms with Crippen molar-refractivity contribution in [2.75, 3.05) is 80.7 Å². The van der Waals surface area contributed by atoms with E-state index < -0.39 is 5.97 Å². The minimum Gasteiger partial charge on any atom is -0.493 e. The van der Waals surface area contributed by atoms with Crippen molar-refractivity contribution in [1.29, 1.82) is 0 Å². The number of fused-ring (bicyclic) bond motifs is 4. The number of hydrogen-bond donors (Lipinski definition) is 2. The second-order valence-corrected chi connectivity index (χ2v) is 18.0. The normalized spacial score (nSPS) is 15.5. The zero-order chi connectivity index (χ0) is 48.4. The summed E-state index contributed by atoms with van der Waals surface area (Å²) in [6.07, 6.45) is 18.8. The Kier molecular flexibility index (Phi) is 16.0. The Morgan fingerprint density at radius 3 is 1.74 bits per heavy atom. The summed E-state index contributed by atoms with van der Waals surface area (Å²) in [5.74, 6) is 2.21. The van der Waals surface area contributed by atoms with Gasteiger partial charge in [-0.25, -0.2) is 18.7 Å². The number of carboxylic acids is 1. The van der Waals surface area contributed by atoms with Crippen LogP contribution < -0.4 is 14.8 Å². The van der Waals surface area contributed by atoms with E-state index in [9.17, 15) is 18.4 Å². The van der Waals surface area contributed by atoms with Gasteiger partial charge in [0.05, 0.1) is 26.3 Å². The summed E-state index contributed by atoms with van der Waals surface area (Å²) in [6.45, 7) is 5.07. The van der Waals surface area contributed by atoms with Crippen LogP contribution in [0.25, 0.3) is 22.4 Å². The third kappa shape index (κ3) is 11.8. The van der Waals surface area contributed by atoms with Crippen LogP contribution in [0.15, 0.2) is 61.5 Å². The van der Waals surface area contributed by atoms with E-state index in [-0.39, 0.29) is 24.1 Å². The van der Waals surface area contributed by atoms with Gasteiger partial charge < -0.3 is 29.7 Å². The number of benzene rings is 2. The number of hydrogen-bond acceptors (Lipinski definition) is 13. The van der Waals surface area contributed by atoms with E-state index in [0.717, 1.165) is 119 Å². The fraction of sp³-hybridized carbons (Fsp3) is 0.440. The van der Waals surface area contributed by atoms with Crippen molar-refractivity contribution in [2.45, 2.75) is 64.2 Å². The first-order chi connectivity index (χ1) is 33.4. The maximum Gasteiger partial charge on any atom is 0.317 e. The number of carboxylic acid groups (broad SMARTS) is 1. The SMILES string of the molecule is CN(C)CC(=O)N1CCC=C(c2cnc(CCc3c(F)ccc4c3CCO4)n3cnnc23)CC1.CN(C)CC(=O)O.Fc1ccc2c(c1CCc1ncc(C3=CCCNCC3)c3nncn13)CCO2. The standard InChI is InChI=1S/C25H29FN6O2.C21H22FN5O.C4H9NO2/c1-30(2)15-24(33)31-11-3-4-17(9-12-31)20-14-27-23(32-16-28-29-25(20)32)8-5-18-19-10-13-34-22(19)7-6-21(18)26;22-18-4-5-19-16(8-11-28-19)15(18)3-6-20-24-12-17(21-26-25-13-27(20)21)14-2-1-9-23-10-7-14;1-5(2)3-4(6)7/h4,6-7,14,16H,3,5,8-13,15H2,1-2H3;2,4-5,12-13,23H,1,3,6-11H2;3H2,1-2H3,(H,6,7). The summed E-state index contributed by atoms with van der Waals surface area (Å²) in [5, 5.41) is 28.4. The molecule has 0 saturated carbocycles. The molecule has 0 unspecified atom stereocenters. The van der Waals surface area contributed by atoms with Crippen LogP contribution >= 0.6 is 0 Å². The van der Waals surface area contributed by atoms with Crippen LogP contribution in [-0.4, -0.2) is 152 Å². The number of likely N-dealkylation sites (N-methyl/N-ethyl adjacent to an activating group) is 2. The highest BCUT2D eigenvalue weighted by molar-refractivity contribution is 5.80. The minimum absolute atomic E-state index is 0.111. The Morgan fingerprint density at radius 1 is 0.681 bits per heavy atom. The number of rotatable bonds is 12. The molecule has 0 fully saturated rings. The molecule has 0 atom stereocenters. The highest BCUT2D eigenvalue weighted by atomic mass is 19.1. The number of nitrogens with one attached hydrogen (secondary N) is 1. The van der Waals surface area contributed by atoms with E-state index >= 15 is 0 Å². The highest BCUT2D eigenvalue weighted by Gasteiger charge is 2.24. The van der Waals surface area contributed by atoms with Crippen molar-refractivity contribution in [3.63, 3.8) is 0 Å². The summed E-state index contributed by atoms with van der Waals surface area (Å²) < 4.78 is 44.0. The Morgan fingerprint density at radius 2 is 1.22 bits per heavy atom. The molecule has 0 bridgehead atoms. The number of halogens is 2. The Bertz CT molecular complexity index is 2860. The van der Waals surface area contributed by atoms with E-state index in [1.807, 2.05) is 45.1 Å². The van der Waals surface area contributed by atoms with Crippen LogP contribution in [0.4, 0.5) is 8.78 Å². The molecule has 2 aromatic carbocycles. The van der Waals surface area contributed by atoms with Gasteiger partial charge in [-0.2, -0.15) is 0 Å². The first kappa shape index (κ1) is 48.7. The predicted octanol–water partition coefficient (Wildman–Crippen LogP) is 4.93. The third-order valence-corrected chi connectivity index (χ3v) is 12.6. The largest absolute Gasteiger partial charge is 0.493 e. The van der Waals surface area contributed by atoms with E-state index in [2.05, 4.69) is 37.9 Å². The minimum atomic E-state index is -0.787. The van der Waals surface area contributed by atoms with Gasteiger partial charge in [-0.1, -0.05) is 12.2 Å². The van der Waals surface area contributed by atoms with Crippen molar-refractivity contribution in [1.82, 2.24) is 59.2 Å². The number of carbonyl (C=O) groups excluding carboxylic acids is 1. The molecular weight excluding hydrogens is 887 g/mol. The van der Waals surface area contributed by atoms with Crippen molar-refractivity contribution in [3.05, 3.63) is 118 Å². The molecule has 4 aliphatic heterocycles. The van der Waals surface area contributed by atoms with Crippen molar-refractivity contribution >= 4 is 34.3 Å². The van der Waals surface area contributed by atoms with Gasteiger partial charge >= 0.3 is 5.97 Å². The average molecular weight is 947 g/mol. The van der Waals surface area contributed by atoms with Crippen LogP contribution in [0, 0.1) is 11.6 Å². The molecule has 19 heteroatoms. The number of amides is 1. The lowest BCUT2D eigenvalue weighted by Gasteiger charge is -2.22. The molecule has 4 aliphatic rings. The second kappa shape index (κ2) is 22.6. The molecule has 0 aliphatic carbocycles. The summed E-state index contributed by atoms with van der Waals surface area (Å²) in [6, 6.07) is 6.41. The molecule has 364 valence electrons. The molecule has 6 aromatic rings. The predicted molar refractivity (Wildman–Crippen MR) is 256 cm³/mol. The molecule has 0 radical (unpaired) electrons. The quantitative estimate of drug-likeness (QED) is 0.169. The molecular formula is C50H60F2N12O5. The first-order valence-electron chi connectivity index (χ1n) is 23.5. The van der Waals surface area contributed by atoms with E-state index in [4.69, 9.17) is 24.5 Å². The fourth-order valence-electron chi connectivity index (χ4n) is 9.24. The van der Waals surface area contributed by atoms with Crippen molar-refractivity contribution < 1.29 is 33.0 Å². The van der Waals surface area contributed by atoms with Gasteiger partial charge in [-0.3, -0.25) is 23.3 Å². The summed E-state index contributed by atoms with van der Waals surface area (Å²) in [7, 11) is 7.24. The first-order valence-corrected chi connectivity index (χ1v) is 23.5. The number of carbonyl (C=O) groups is 2. The Labute approximate surface area is 399 Å². The van der Waals surface area contributed by atoms with Gasteiger partial charge in [-0.05, 0) is 126 Å². The number of aryl methyl sites for hydroxylation is 2.